The van der Waals surface area contributed by atoms with Crippen LogP contribution in [0, 0.1) is 0 Å². The van der Waals surface area contributed by atoms with Crippen molar-refractivity contribution in [3.05, 3.63) is 54.0 Å². The third-order valence-corrected chi connectivity index (χ3v) is 3.26. The second-order valence-corrected chi connectivity index (χ2v) is 4.26. The van der Waals surface area contributed by atoms with Crippen molar-refractivity contribution < 1.29 is 9.15 Å². The van der Waals surface area contributed by atoms with Gasteiger partial charge in [-0.05, 0) is 18.2 Å². The fourth-order valence-electron chi connectivity index (χ4n) is 2.40. The first-order chi connectivity index (χ1) is 8.38. The lowest BCUT2D eigenvalue weighted by Gasteiger charge is -2.31. The average molecular weight is 229 g/mol. The zero-order valence-corrected chi connectivity index (χ0v) is 9.72. The average Bonchev–Trinajstić information content (AvgIpc) is 2.91. The highest BCUT2D eigenvalue weighted by molar-refractivity contribution is 5.55. The Morgan fingerprint density at radius 3 is 2.88 bits per heavy atom. The molecule has 0 aliphatic carbocycles. The molecule has 0 bridgehead atoms. The smallest absolute Gasteiger partial charge is 0.126 e. The van der Waals surface area contributed by atoms with E-state index in [1.165, 1.54) is 5.56 Å². The van der Waals surface area contributed by atoms with Crippen LogP contribution in [0.1, 0.15) is 29.9 Å². The molecule has 2 atom stereocenters. The summed E-state index contributed by atoms with van der Waals surface area (Å²) in [7, 11) is 1.76. The Morgan fingerprint density at radius 2 is 2.12 bits per heavy atom. The molecular formula is C14H15NO2. The van der Waals surface area contributed by atoms with E-state index >= 15 is 0 Å². The molecule has 1 aliphatic rings. The van der Waals surface area contributed by atoms with E-state index in [0.29, 0.717) is 0 Å². The van der Waals surface area contributed by atoms with Crippen LogP contribution in [0.2, 0.25) is 0 Å². The summed E-state index contributed by atoms with van der Waals surface area (Å²) in [5.74, 6) is 0.960. The van der Waals surface area contributed by atoms with Gasteiger partial charge in [0.2, 0.25) is 0 Å². The normalized spacial score (nSPS) is 22.9. The van der Waals surface area contributed by atoms with Gasteiger partial charge in [0.15, 0.2) is 0 Å². The van der Waals surface area contributed by atoms with Crippen LogP contribution in [0.3, 0.4) is 0 Å². The number of ether oxygens (including phenoxy) is 1. The number of methoxy groups -OCH3 is 1. The summed E-state index contributed by atoms with van der Waals surface area (Å²) < 4.78 is 11.0. The Hall–Kier alpha value is -1.74. The highest BCUT2D eigenvalue weighted by Gasteiger charge is 2.28. The molecule has 2 unspecified atom stereocenters. The SMILES string of the molecule is COC1CC(c2ccco2)Nc2ccccc21. The van der Waals surface area contributed by atoms with Gasteiger partial charge in [-0.3, -0.25) is 0 Å². The number of hydrogen-bond donors (Lipinski definition) is 1. The predicted octanol–water partition coefficient (Wildman–Crippen LogP) is 3.52. The Bertz CT molecular complexity index is 493. The van der Waals surface area contributed by atoms with Gasteiger partial charge in [0.05, 0.1) is 18.4 Å². The Balaban J connectivity index is 1.95. The molecule has 0 radical (unpaired) electrons. The monoisotopic (exact) mass is 229 g/mol. The molecule has 0 saturated heterocycles. The van der Waals surface area contributed by atoms with Crippen molar-refractivity contribution in [3.8, 4) is 0 Å². The maximum atomic E-state index is 5.56. The van der Waals surface area contributed by atoms with E-state index in [4.69, 9.17) is 9.15 Å². The molecule has 0 amide bonds. The lowest BCUT2D eigenvalue weighted by Crippen LogP contribution is -2.22. The first kappa shape index (κ1) is 10.4. The van der Waals surface area contributed by atoms with Crippen molar-refractivity contribution >= 4 is 5.69 Å². The van der Waals surface area contributed by atoms with Crippen LogP contribution in [0.4, 0.5) is 5.69 Å². The number of nitrogens with one attached hydrogen (secondary N) is 1. The molecule has 3 rings (SSSR count). The van der Waals surface area contributed by atoms with Crippen molar-refractivity contribution in [2.75, 3.05) is 12.4 Å². The van der Waals surface area contributed by atoms with Crippen LogP contribution in [-0.4, -0.2) is 7.11 Å². The topological polar surface area (TPSA) is 34.4 Å². The molecule has 1 N–H and O–H groups in total. The maximum Gasteiger partial charge on any atom is 0.126 e. The zero-order chi connectivity index (χ0) is 11.7. The molecule has 1 aromatic heterocycles. The van der Waals surface area contributed by atoms with E-state index in [1.54, 1.807) is 13.4 Å². The van der Waals surface area contributed by atoms with E-state index in [9.17, 15) is 0 Å². The fourth-order valence-corrected chi connectivity index (χ4v) is 2.40. The molecule has 0 spiro atoms. The van der Waals surface area contributed by atoms with Gasteiger partial charge in [0.1, 0.15) is 5.76 Å². The van der Waals surface area contributed by atoms with Gasteiger partial charge in [-0.15, -0.1) is 0 Å². The third-order valence-electron chi connectivity index (χ3n) is 3.26. The van der Waals surface area contributed by atoms with Gasteiger partial charge >= 0.3 is 0 Å². The Morgan fingerprint density at radius 1 is 1.24 bits per heavy atom. The van der Waals surface area contributed by atoms with Gasteiger partial charge in [0.25, 0.3) is 0 Å². The first-order valence-corrected chi connectivity index (χ1v) is 5.80. The van der Waals surface area contributed by atoms with Crippen LogP contribution >= 0.6 is 0 Å². The van der Waals surface area contributed by atoms with Gasteiger partial charge in [-0.2, -0.15) is 0 Å². The summed E-state index contributed by atoms with van der Waals surface area (Å²) in [6, 6.07) is 12.4. The quantitative estimate of drug-likeness (QED) is 0.855. The van der Waals surface area contributed by atoms with Crippen LogP contribution < -0.4 is 5.32 Å². The third kappa shape index (κ3) is 1.83. The van der Waals surface area contributed by atoms with Crippen molar-refractivity contribution in [1.29, 1.82) is 0 Å². The minimum absolute atomic E-state index is 0.127. The summed E-state index contributed by atoms with van der Waals surface area (Å²) in [6.07, 6.45) is 2.72. The molecule has 3 nitrogen and oxygen atoms in total. The van der Waals surface area contributed by atoms with Crippen molar-refractivity contribution in [3.63, 3.8) is 0 Å². The highest BCUT2D eigenvalue weighted by Crippen LogP contribution is 2.40. The molecule has 3 heteroatoms. The van der Waals surface area contributed by atoms with E-state index in [1.807, 2.05) is 24.3 Å². The second kappa shape index (κ2) is 4.26. The number of benzene rings is 1. The summed E-state index contributed by atoms with van der Waals surface area (Å²) in [5, 5.41) is 3.49. The molecule has 0 saturated carbocycles. The standard InChI is InChI=1S/C14H15NO2/c1-16-14-9-12(13-7-4-8-17-13)15-11-6-3-2-5-10(11)14/h2-8,12,14-15H,9H2,1H3. The lowest BCUT2D eigenvalue weighted by molar-refractivity contribution is 0.0858. The summed E-state index contributed by atoms with van der Waals surface area (Å²) in [6.45, 7) is 0. The summed E-state index contributed by atoms with van der Waals surface area (Å²) >= 11 is 0. The minimum atomic E-state index is 0.127. The van der Waals surface area contributed by atoms with Crippen molar-refractivity contribution in [2.45, 2.75) is 18.6 Å². The number of para-hydroxylation sites is 1. The molecule has 17 heavy (non-hydrogen) atoms. The zero-order valence-electron chi connectivity index (χ0n) is 9.72. The van der Waals surface area contributed by atoms with Crippen LogP contribution in [0.15, 0.2) is 47.1 Å². The number of hydrogen-bond acceptors (Lipinski definition) is 3. The number of anilines is 1. The number of fused-ring (bicyclic) bond motifs is 1. The fraction of sp³-hybridized carbons (Fsp3) is 0.286. The van der Waals surface area contributed by atoms with Crippen LogP contribution in [-0.2, 0) is 4.74 Å². The van der Waals surface area contributed by atoms with Gasteiger partial charge in [-0.25, -0.2) is 0 Å². The van der Waals surface area contributed by atoms with Crippen LogP contribution in [0.5, 0.6) is 0 Å². The number of rotatable bonds is 2. The van der Waals surface area contributed by atoms with Crippen molar-refractivity contribution in [1.82, 2.24) is 0 Å². The summed E-state index contributed by atoms with van der Waals surface area (Å²) in [4.78, 5) is 0. The molecule has 2 aromatic rings. The van der Waals surface area contributed by atoms with Gasteiger partial charge in [-0.1, -0.05) is 18.2 Å². The van der Waals surface area contributed by atoms with E-state index < -0.39 is 0 Å². The Kier molecular flexibility index (Phi) is 2.61. The maximum absolute atomic E-state index is 5.56. The molecule has 1 aromatic carbocycles. The molecule has 2 heterocycles. The van der Waals surface area contributed by atoms with E-state index in [0.717, 1.165) is 17.9 Å². The Labute approximate surface area is 100 Å². The lowest BCUT2D eigenvalue weighted by atomic mass is 9.94. The van der Waals surface area contributed by atoms with E-state index in [-0.39, 0.29) is 12.1 Å². The molecular weight excluding hydrogens is 214 g/mol. The predicted molar refractivity (Wildman–Crippen MR) is 65.9 cm³/mol. The number of furan rings is 1. The molecule has 0 fully saturated rings. The van der Waals surface area contributed by atoms with Gasteiger partial charge in [0, 0.05) is 24.8 Å². The summed E-state index contributed by atoms with van der Waals surface area (Å²) in [5.41, 5.74) is 2.35. The highest BCUT2D eigenvalue weighted by atomic mass is 16.5. The minimum Gasteiger partial charge on any atom is -0.467 e. The molecule has 1 aliphatic heterocycles. The van der Waals surface area contributed by atoms with E-state index in [2.05, 4.69) is 17.4 Å². The van der Waals surface area contributed by atoms with Gasteiger partial charge < -0.3 is 14.5 Å². The largest absolute Gasteiger partial charge is 0.467 e. The molecule has 88 valence electrons. The van der Waals surface area contributed by atoms with Crippen molar-refractivity contribution in [2.24, 2.45) is 0 Å². The first-order valence-electron chi connectivity index (χ1n) is 5.80. The second-order valence-electron chi connectivity index (χ2n) is 4.26. The van der Waals surface area contributed by atoms with Crippen LogP contribution in [0.25, 0.3) is 0 Å².